The maximum atomic E-state index is 11.9. The molecule has 2 aromatic rings. The van der Waals surface area contributed by atoms with E-state index in [1.165, 1.54) is 0 Å². The highest BCUT2D eigenvalue weighted by molar-refractivity contribution is 9.10. The number of carbonyl (C=O) groups is 1. The van der Waals surface area contributed by atoms with Crippen LogP contribution in [0.5, 0.6) is 5.75 Å². The van der Waals surface area contributed by atoms with Crippen molar-refractivity contribution in [1.29, 1.82) is 0 Å². The first kappa shape index (κ1) is 15.9. The van der Waals surface area contributed by atoms with Gasteiger partial charge in [0.1, 0.15) is 5.75 Å². The van der Waals surface area contributed by atoms with Crippen LogP contribution in [-0.4, -0.2) is 12.5 Å². The normalized spacial score (nSPS) is 10.2. The Hall–Kier alpha value is -1.53. The highest BCUT2D eigenvalue weighted by atomic mass is 79.9. The van der Waals surface area contributed by atoms with Crippen molar-refractivity contribution in [3.63, 3.8) is 0 Å². The number of benzene rings is 2. The second-order valence-electron chi connectivity index (χ2n) is 4.46. The maximum absolute atomic E-state index is 11.9. The summed E-state index contributed by atoms with van der Waals surface area (Å²) >= 11 is 6.73. The van der Waals surface area contributed by atoms with Gasteiger partial charge in [-0.3, -0.25) is 4.79 Å². The first-order valence-electron chi connectivity index (χ1n) is 6.20. The Labute approximate surface area is 139 Å². The molecule has 21 heavy (non-hydrogen) atoms. The molecule has 0 heterocycles. The fourth-order valence-electron chi connectivity index (χ4n) is 1.84. The third-order valence-electron chi connectivity index (χ3n) is 2.76. The summed E-state index contributed by atoms with van der Waals surface area (Å²) in [6.07, 6.45) is 0. The molecule has 0 fully saturated rings. The predicted octanol–water partition coefficient (Wildman–Crippen LogP) is 4.12. The number of hydrogen-bond donors (Lipinski definition) is 2. The molecule has 2 rings (SSSR count). The number of para-hydroxylation sites is 1. The fraction of sp³-hybridized carbons (Fsp3) is 0.133. The lowest BCUT2D eigenvalue weighted by Crippen LogP contribution is -2.21. The fourth-order valence-corrected chi connectivity index (χ4v) is 2.81. The molecule has 0 aliphatic heterocycles. The lowest BCUT2D eigenvalue weighted by molar-refractivity contribution is -0.118. The molecule has 0 saturated heterocycles. The number of nitrogens with one attached hydrogen (secondary N) is 1. The highest BCUT2D eigenvalue weighted by Gasteiger charge is 2.10. The van der Waals surface area contributed by atoms with Crippen molar-refractivity contribution in [3.05, 3.63) is 50.9 Å². The van der Waals surface area contributed by atoms with Crippen molar-refractivity contribution in [2.75, 3.05) is 17.7 Å². The molecule has 0 atom stereocenters. The van der Waals surface area contributed by atoms with E-state index in [9.17, 15) is 4.79 Å². The maximum Gasteiger partial charge on any atom is 0.262 e. The van der Waals surface area contributed by atoms with Crippen molar-refractivity contribution in [1.82, 2.24) is 0 Å². The van der Waals surface area contributed by atoms with Crippen LogP contribution < -0.4 is 15.8 Å². The summed E-state index contributed by atoms with van der Waals surface area (Å²) in [4.78, 5) is 11.9. The Bertz CT molecular complexity index is 651. The summed E-state index contributed by atoms with van der Waals surface area (Å²) in [6.45, 7) is 1.77. The van der Waals surface area contributed by atoms with Gasteiger partial charge in [0.2, 0.25) is 0 Å². The van der Waals surface area contributed by atoms with Gasteiger partial charge in [-0.15, -0.1) is 0 Å². The molecule has 0 unspecified atom stereocenters. The van der Waals surface area contributed by atoms with Crippen LogP contribution in [0.2, 0.25) is 0 Å². The average Bonchev–Trinajstić information content (AvgIpc) is 2.40. The van der Waals surface area contributed by atoms with Gasteiger partial charge in [-0.25, -0.2) is 0 Å². The van der Waals surface area contributed by atoms with E-state index >= 15 is 0 Å². The number of ether oxygens (including phenoxy) is 1. The van der Waals surface area contributed by atoms with Gasteiger partial charge in [0.25, 0.3) is 5.91 Å². The topological polar surface area (TPSA) is 64.3 Å². The average molecular weight is 414 g/mol. The number of anilines is 2. The summed E-state index contributed by atoms with van der Waals surface area (Å²) in [5, 5.41) is 2.77. The third-order valence-corrected chi connectivity index (χ3v) is 3.91. The number of hydrogen-bond acceptors (Lipinski definition) is 3. The van der Waals surface area contributed by atoms with Gasteiger partial charge in [-0.2, -0.15) is 0 Å². The zero-order chi connectivity index (χ0) is 15.4. The number of nitrogen functional groups attached to an aromatic ring is 1. The minimum absolute atomic E-state index is 0.103. The predicted molar refractivity (Wildman–Crippen MR) is 91.6 cm³/mol. The van der Waals surface area contributed by atoms with Gasteiger partial charge in [-0.1, -0.05) is 28.1 Å². The van der Waals surface area contributed by atoms with E-state index in [0.29, 0.717) is 17.1 Å². The van der Waals surface area contributed by atoms with Gasteiger partial charge in [-0.05, 0) is 52.7 Å². The summed E-state index contributed by atoms with van der Waals surface area (Å²) in [6, 6.07) is 11.0. The Balaban J connectivity index is 2.01. The highest BCUT2D eigenvalue weighted by Crippen LogP contribution is 2.30. The second kappa shape index (κ2) is 6.95. The van der Waals surface area contributed by atoms with Crippen LogP contribution >= 0.6 is 31.9 Å². The van der Waals surface area contributed by atoms with Crippen LogP contribution in [0.3, 0.4) is 0 Å². The van der Waals surface area contributed by atoms with Crippen LogP contribution in [0.1, 0.15) is 5.56 Å². The van der Waals surface area contributed by atoms with Crippen molar-refractivity contribution in [2.45, 2.75) is 6.92 Å². The largest absolute Gasteiger partial charge is 0.481 e. The Kier molecular flexibility index (Phi) is 5.25. The number of amides is 1. The van der Waals surface area contributed by atoms with E-state index in [4.69, 9.17) is 10.5 Å². The zero-order valence-corrected chi connectivity index (χ0v) is 14.5. The molecular formula is C15H14Br2N2O2. The van der Waals surface area contributed by atoms with Crippen LogP contribution in [-0.2, 0) is 4.79 Å². The Morgan fingerprint density at radius 1 is 1.29 bits per heavy atom. The van der Waals surface area contributed by atoms with E-state index in [1.807, 2.05) is 31.2 Å². The Morgan fingerprint density at radius 3 is 2.67 bits per heavy atom. The van der Waals surface area contributed by atoms with Crippen molar-refractivity contribution < 1.29 is 9.53 Å². The molecule has 0 aromatic heterocycles. The zero-order valence-electron chi connectivity index (χ0n) is 11.3. The van der Waals surface area contributed by atoms with Crippen LogP contribution in [0, 0.1) is 6.92 Å². The van der Waals surface area contributed by atoms with Crippen LogP contribution in [0.15, 0.2) is 45.3 Å². The quantitative estimate of drug-likeness (QED) is 0.741. The molecule has 0 aliphatic carbocycles. The molecule has 3 N–H and O–H groups in total. The van der Waals surface area contributed by atoms with E-state index in [2.05, 4.69) is 37.2 Å². The standard InChI is InChI=1S/C15H14Br2N2O2/c1-9-6-10(16)7-12(18)15(9)21-8-14(20)19-13-5-3-2-4-11(13)17/h2-7H,8,18H2,1H3,(H,19,20). The molecule has 0 bridgehead atoms. The van der Waals surface area contributed by atoms with E-state index in [0.717, 1.165) is 14.5 Å². The third kappa shape index (κ3) is 4.22. The molecule has 1 amide bonds. The minimum atomic E-state index is -0.247. The minimum Gasteiger partial charge on any atom is -0.481 e. The summed E-state index contributed by atoms with van der Waals surface area (Å²) < 4.78 is 7.22. The number of nitrogens with two attached hydrogens (primary N) is 1. The van der Waals surface area contributed by atoms with Gasteiger partial charge < -0.3 is 15.8 Å². The molecule has 4 nitrogen and oxygen atoms in total. The summed E-state index contributed by atoms with van der Waals surface area (Å²) in [5.41, 5.74) is 7.96. The van der Waals surface area contributed by atoms with Gasteiger partial charge in [0.05, 0.1) is 11.4 Å². The summed E-state index contributed by atoms with van der Waals surface area (Å²) in [7, 11) is 0. The molecule has 2 aromatic carbocycles. The Morgan fingerprint density at radius 2 is 2.00 bits per heavy atom. The molecule has 6 heteroatoms. The van der Waals surface area contributed by atoms with Crippen LogP contribution in [0.25, 0.3) is 0 Å². The molecular weight excluding hydrogens is 400 g/mol. The van der Waals surface area contributed by atoms with Crippen molar-refractivity contribution in [3.8, 4) is 5.75 Å². The molecule has 0 saturated carbocycles. The number of carbonyl (C=O) groups excluding carboxylic acids is 1. The van der Waals surface area contributed by atoms with Crippen LogP contribution in [0.4, 0.5) is 11.4 Å². The van der Waals surface area contributed by atoms with E-state index < -0.39 is 0 Å². The van der Waals surface area contributed by atoms with Gasteiger partial charge in [0, 0.05) is 8.95 Å². The number of halogens is 2. The van der Waals surface area contributed by atoms with Crippen molar-refractivity contribution in [2.24, 2.45) is 0 Å². The SMILES string of the molecule is Cc1cc(Br)cc(N)c1OCC(=O)Nc1ccccc1Br. The molecule has 110 valence electrons. The molecule has 0 spiro atoms. The second-order valence-corrected chi connectivity index (χ2v) is 6.23. The molecule has 0 radical (unpaired) electrons. The molecule has 0 aliphatic rings. The monoisotopic (exact) mass is 412 g/mol. The van der Waals surface area contributed by atoms with E-state index in [1.54, 1.807) is 12.1 Å². The van der Waals surface area contributed by atoms with Crippen molar-refractivity contribution >= 4 is 49.1 Å². The first-order valence-corrected chi connectivity index (χ1v) is 7.79. The number of rotatable bonds is 4. The van der Waals surface area contributed by atoms with E-state index in [-0.39, 0.29) is 12.5 Å². The smallest absolute Gasteiger partial charge is 0.262 e. The lowest BCUT2D eigenvalue weighted by Gasteiger charge is -2.13. The lowest BCUT2D eigenvalue weighted by atomic mass is 10.2. The summed E-state index contributed by atoms with van der Waals surface area (Å²) in [5.74, 6) is 0.282. The first-order chi connectivity index (χ1) is 9.97. The number of aryl methyl sites for hydroxylation is 1. The van der Waals surface area contributed by atoms with Gasteiger partial charge >= 0.3 is 0 Å². The van der Waals surface area contributed by atoms with Gasteiger partial charge in [0.15, 0.2) is 6.61 Å².